The lowest BCUT2D eigenvalue weighted by molar-refractivity contribution is -0.0271. The number of methoxy groups -OCH3 is 2. The molecule has 1 fully saturated rings. The summed E-state index contributed by atoms with van der Waals surface area (Å²) < 4.78 is 26.6. The second-order valence-corrected chi connectivity index (χ2v) is 9.28. The third-order valence-corrected chi connectivity index (χ3v) is 6.90. The average molecular weight is 480 g/mol. The van der Waals surface area contributed by atoms with Gasteiger partial charge in [-0.1, -0.05) is 17.7 Å². The van der Waals surface area contributed by atoms with Crippen LogP contribution in [0.5, 0.6) is 11.5 Å². The Labute approximate surface area is 195 Å². The van der Waals surface area contributed by atoms with Crippen molar-refractivity contribution in [1.82, 2.24) is 14.8 Å². The van der Waals surface area contributed by atoms with E-state index in [-0.39, 0.29) is 34.0 Å². The van der Waals surface area contributed by atoms with Crippen molar-refractivity contribution in [3.05, 3.63) is 56.2 Å². The first-order valence-corrected chi connectivity index (χ1v) is 11.0. The number of nitrogens with one attached hydrogen (secondary N) is 1. The molecule has 0 saturated heterocycles. The Hall–Kier alpha value is -2.62. The zero-order valence-corrected chi connectivity index (χ0v) is 19.5. The van der Waals surface area contributed by atoms with Crippen molar-refractivity contribution in [3.63, 3.8) is 0 Å². The van der Waals surface area contributed by atoms with E-state index in [1.165, 1.54) is 25.4 Å². The van der Waals surface area contributed by atoms with Crippen LogP contribution in [-0.2, 0) is 23.4 Å². The number of hydrogen-bond acceptors (Lipinski definition) is 6. The number of nitrogens with zero attached hydrogens (tertiary/aromatic N) is 2. The van der Waals surface area contributed by atoms with Gasteiger partial charge in [0.05, 0.1) is 18.3 Å². The van der Waals surface area contributed by atoms with E-state index < -0.39 is 22.9 Å². The monoisotopic (exact) mass is 479 g/mol. The predicted octanol–water partition coefficient (Wildman–Crippen LogP) is 2.48. The van der Waals surface area contributed by atoms with Crippen molar-refractivity contribution in [2.75, 3.05) is 34.4 Å². The minimum Gasteiger partial charge on any atom is -0.503 e. The predicted molar refractivity (Wildman–Crippen MR) is 120 cm³/mol. The van der Waals surface area contributed by atoms with Gasteiger partial charge in [-0.05, 0) is 31.9 Å². The Balaban J connectivity index is 1.62. The smallest absolute Gasteiger partial charge is 0.257 e. The summed E-state index contributed by atoms with van der Waals surface area (Å²) in [6.07, 6.45) is 3.16. The van der Waals surface area contributed by atoms with E-state index in [1.807, 2.05) is 11.6 Å². The van der Waals surface area contributed by atoms with Crippen molar-refractivity contribution >= 4 is 17.5 Å². The van der Waals surface area contributed by atoms with Gasteiger partial charge in [0.25, 0.3) is 5.91 Å². The Bertz CT molecular complexity index is 1150. The molecule has 8 nitrogen and oxygen atoms in total. The summed E-state index contributed by atoms with van der Waals surface area (Å²) in [5.41, 5.74) is -0.605. The number of aromatic nitrogens is 1. The molecule has 2 aliphatic rings. The fraction of sp³-hybridized carbons (Fsp3) is 0.478. The van der Waals surface area contributed by atoms with Crippen molar-refractivity contribution < 1.29 is 23.8 Å². The molecule has 0 unspecified atom stereocenters. The van der Waals surface area contributed by atoms with Gasteiger partial charge in [-0.2, -0.15) is 0 Å². The highest BCUT2D eigenvalue weighted by atomic mass is 35.5. The third-order valence-electron chi connectivity index (χ3n) is 6.55. The van der Waals surface area contributed by atoms with E-state index in [0.717, 1.165) is 19.4 Å². The minimum absolute atomic E-state index is 0.149. The zero-order chi connectivity index (χ0) is 23.9. The van der Waals surface area contributed by atoms with Crippen molar-refractivity contribution in [3.8, 4) is 11.5 Å². The molecule has 1 amide bonds. The van der Waals surface area contributed by atoms with Crippen molar-refractivity contribution in [2.24, 2.45) is 5.92 Å². The number of pyridine rings is 1. The van der Waals surface area contributed by atoms with Gasteiger partial charge < -0.3 is 24.5 Å². The van der Waals surface area contributed by atoms with Gasteiger partial charge in [-0.25, -0.2) is 4.39 Å². The molecule has 1 aliphatic carbocycles. The SMILES string of the molecule is COCC1CC2(C1)CN(C)Cc1c(O)c(=O)c(C(=O)NCc3ccc(OC)c(Cl)c3F)cn12. The van der Waals surface area contributed by atoms with Crippen LogP contribution < -0.4 is 15.5 Å². The Morgan fingerprint density at radius 3 is 2.76 bits per heavy atom. The van der Waals surface area contributed by atoms with Gasteiger partial charge in [-0.15, -0.1) is 0 Å². The Kier molecular flexibility index (Phi) is 6.39. The Morgan fingerprint density at radius 2 is 2.09 bits per heavy atom. The van der Waals surface area contributed by atoms with Crippen LogP contribution in [0.3, 0.4) is 0 Å². The first-order chi connectivity index (χ1) is 15.7. The number of aromatic hydroxyl groups is 1. The van der Waals surface area contributed by atoms with E-state index in [1.54, 1.807) is 7.11 Å². The van der Waals surface area contributed by atoms with E-state index in [9.17, 15) is 19.1 Å². The van der Waals surface area contributed by atoms with Crippen LogP contribution in [0.4, 0.5) is 4.39 Å². The minimum atomic E-state index is -0.745. The van der Waals surface area contributed by atoms with E-state index >= 15 is 0 Å². The molecule has 2 N–H and O–H groups in total. The summed E-state index contributed by atoms with van der Waals surface area (Å²) in [5.74, 6) is -1.27. The van der Waals surface area contributed by atoms with Gasteiger partial charge in [0.15, 0.2) is 11.6 Å². The molecule has 10 heteroatoms. The molecule has 4 rings (SSSR count). The highest BCUT2D eigenvalue weighted by Crippen LogP contribution is 2.48. The summed E-state index contributed by atoms with van der Waals surface area (Å²) in [5, 5.41) is 13.1. The number of carbonyl (C=O) groups excluding carboxylic acids is 1. The number of benzene rings is 1. The molecule has 2 heterocycles. The number of hydrogen-bond donors (Lipinski definition) is 2. The van der Waals surface area contributed by atoms with Crippen LogP contribution >= 0.6 is 11.6 Å². The molecule has 1 saturated carbocycles. The first kappa shape index (κ1) is 23.5. The summed E-state index contributed by atoms with van der Waals surface area (Å²) in [7, 11) is 4.98. The zero-order valence-electron chi connectivity index (χ0n) is 18.8. The summed E-state index contributed by atoms with van der Waals surface area (Å²) >= 11 is 5.94. The van der Waals surface area contributed by atoms with Crippen LogP contribution in [0.1, 0.15) is 34.5 Å². The largest absolute Gasteiger partial charge is 0.503 e. The standard InChI is InChI=1S/C23H27ClFN3O5/c1-27-10-16-21(30)20(29)15(9-28(16)23(12-27)6-13(7-23)11-32-2)22(31)26-8-14-4-5-17(33-3)18(24)19(14)25/h4-5,9,13,30H,6-8,10-12H2,1-3H3,(H,26,31). The lowest BCUT2D eigenvalue weighted by atomic mass is 9.67. The molecule has 33 heavy (non-hydrogen) atoms. The number of rotatable bonds is 6. The van der Waals surface area contributed by atoms with Gasteiger partial charge >= 0.3 is 0 Å². The maximum Gasteiger partial charge on any atom is 0.257 e. The number of amides is 1. The maximum absolute atomic E-state index is 14.5. The maximum atomic E-state index is 14.5. The van der Waals surface area contributed by atoms with Crippen LogP contribution in [0.25, 0.3) is 0 Å². The van der Waals surface area contributed by atoms with Crippen LogP contribution in [0, 0.1) is 11.7 Å². The molecule has 178 valence electrons. The fourth-order valence-electron chi connectivity index (χ4n) is 5.10. The topological polar surface area (TPSA) is 93.0 Å². The summed E-state index contributed by atoms with van der Waals surface area (Å²) in [6.45, 7) is 1.59. The van der Waals surface area contributed by atoms with Gasteiger partial charge in [0.1, 0.15) is 16.3 Å². The number of ether oxygens (including phenoxy) is 2. The van der Waals surface area contributed by atoms with E-state index in [2.05, 4.69) is 10.2 Å². The molecular weight excluding hydrogens is 453 g/mol. The molecule has 0 bridgehead atoms. The normalized spacial score (nSPS) is 22.0. The van der Waals surface area contributed by atoms with Crippen molar-refractivity contribution in [2.45, 2.75) is 31.5 Å². The molecule has 1 aromatic heterocycles. The van der Waals surface area contributed by atoms with Crippen LogP contribution in [-0.4, -0.2) is 54.9 Å². The molecular formula is C23H27ClFN3O5. The lowest BCUT2D eigenvalue weighted by Gasteiger charge is -2.54. The second kappa shape index (κ2) is 8.96. The highest BCUT2D eigenvalue weighted by Gasteiger charge is 2.49. The third kappa shape index (κ3) is 4.09. The van der Waals surface area contributed by atoms with Gasteiger partial charge in [-0.3, -0.25) is 14.5 Å². The quantitative estimate of drug-likeness (QED) is 0.661. The average Bonchev–Trinajstić information content (AvgIpc) is 2.76. The number of carbonyl (C=O) groups is 1. The van der Waals surface area contributed by atoms with Gasteiger partial charge in [0.2, 0.25) is 5.43 Å². The number of fused-ring (bicyclic) bond motifs is 2. The highest BCUT2D eigenvalue weighted by molar-refractivity contribution is 6.32. The molecule has 1 aliphatic heterocycles. The van der Waals surface area contributed by atoms with E-state index in [0.29, 0.717) is 24.8 Å². The van der Waals surface area contributed by atoms with E-state index in [4.69, 9.17) is 21.1 Å². The lowest BCUT2D eigenvalue weighted by Crippen LogP contribution is -2.58. The molecule has 1 spiro atoms. The number of likely N-dealkylation sites (N-methyl/N-ethyl adjacent to an activating group) is 1. The molecule has 1 aromatic carbocycles. The second-order valence-electron chi connectivity index (χ2n) is 8.90. The molecule has 2 aromatic rings. The Morgan fingerprint density at radius 1 is 1.36 bits per heavy atom. The van der Waals surface area contributed by atoms with Crippen molar-refractivity contribution in [1.29, 1.82) is 0 Å². The first-order valence-electron chi connectivity index (χ1n) is 10.6. The molecule has 0 radical (unpaired) electrons. The van der Waals surface area contributed by atoms with Gasteiger partial charge in [0, 0.05) is 45.1 Å². The fourth-order valence-corrected chi connectivity index (χ4v) is 5.36. The summed E-state index contributed by atoms with van der Waals surface area (Å²) in [4.78, 5) is 27.8. The number of halogens is 2. The van der Waals surface area contributed by atoms with Crippen LogP contribution in [0.2, 0.25) is 5.02 Å². The molecule has 0 atom stereocenters. The van der Waals surface area contributed by atoms with Crippen LogP contribution in [0.15, 0.2) is 23.1 Å². The summed E-state index contributed by atoms with van der Waals surface area (Å²) in [6, 6.07) is 2.95.